The molecular formula is C21H17NO6S2. The zero-order chi connectivity index (χ0) is 21.9. The van der Waals surface area contributed by atoms with Gasteiger partial charge in [-0.1, -0.05) is 54.6 Å². The van der Waals surface area contributed by atoms with Crippen molar-refractivity contribution in [2.24, 2.45) is 0 Å². The van der Waals surface area contributed by atoms with Crippen LogP contribution in [0, 0.1) is 10.1 Å². The molecule has 0 saturated heterocycles. The number of sulfone groups is 2. The number of nitrogens with zero attached hydrogens (tertiary/aromatic N) is 1. The van der Waals surface area contributed by atoms with Crippen LogP contribution in [0.3, 0.4) is 0 Å². The van der Waals surface area contributed by atoms with Crippen LogP contribution in [0.5, 0.6) is 0 Å². The van der Waals surface area contributed by atoms with Gasteiger partial charge in [0.05, 0.1) is 15.2 Å². The van der Waals surface area contributed by atoms with Gasteiger partial charge in [0.25, 0.3) is 5.70 Å². The lowest BCUT2D eigenvalue weighted by Crippen LogP contribution is -2.14. The summed E-state index contributed by atoms with van der Waals surface area (Å²) in [7, 11) is -8.48. The van der Waals surface area contributed by atoms with Gasteiger partial charge in [0, 0.05) is 12.3 Å². The topological polar surface area (TPSA) is 111 Å². The van der Waals surface area contributed by atoms with Gasteiger partial charge < -0.3 is 0 Å². The molecule has 0 aliphatic rings. The van der Waals surface area contributed by atoms with Crippen molar-refractivity contribution in [3.8, 4) is 0 Å². The largest absolute Gasteiger partial charge is 0.289 e. The molecular weight excluding hydrogens is 426 g/mol. The predicted octanol–water partition coefficient (Wildman–Crippen LogP) is 3.82. The van der Waals surface area contributed by atoms with E-state index in [0.29, 0.717) is 11.0 Å². The summed E-state index contributed by atoms with van der Waals surface area (Å²) < 4.78 is 49.9. The summed E-state index contributed by atoms with van der Waals surface area (Å²) in [6.45, 7) is 0. The standard InChI is InChI=1S/C21H17NO6S2/c1-29(25,26)15-21(30(27,28)19-9-3-2-4-10-19)20(22(23)24)14-16-11-12-17-7-5-6-8-18(17)13-16/h2-15H,1H3/b20-14+,21-15+. The zero-order valence-electron chi connectivity index (χ0n) is 15.8. The van der Waals surface area contributed by atoms with Gasteiger partial charge in [-0.05, 0) is 34.5 Å². The first-order chi connectivity index (χ1) is 14.1. The molecule has 0 unspecified atom stereocenters. The fourth-order valence-corrected chi connectivity index (χ4v) is 5.57. The van der Waals surface area contributed by atoms with Gasteiger partial charge in [-0.25, -0.2) is 16.8 Å². The molecule has 0 amide bonds. The van der Waals surface area contributed by atoms with E-state index in [9.17, 15) is 26.9 Å². The molecule has 0 heterocycles. The Balaban J connectivity index is 2.26. The van der Waals surface area contributed by atoms with Gasteiger partial charge in [-0.15, -0.1) is 0 Å². The average molecular weight is 444 g/mol. The van der Waals surface area contributed by atoms with E-state index in [4.69, 9.17) is 0 Å². The summed E-state index contributed by atoms with van der Waals surface area (Å²) in [6.07, 6.45) is 1.84. The lowest BCUT2D eigenvalue weighted by Gasteiger charge is -2.08. The molecule has 0 bridgehead atoms. The first-order valence-electron chi connectivity index (χ1n) is 8.65. The SMILES string of the molecule is CS(=O)(=O)/C=C(\C(=C/c1ccc2ccccc2c1)[N+](=O)[O-])S(=O)(=O)c1ccccc1. The molecule has 0 radical (unpaired) electrons. The lowest BCUT2D eigenvalue weighted by atomic mass is 10.1. The smallest absolute Gasteiger partial charge is 0.258 e. The Morgan fingerprint density at radius 3 is 2.07 bits per heavy atom. The van der Waals surface area contributed by atoms with Gasteiger partial charge >= 0.3 is 0 Å². The fraction of sp³-hybridized carbons (Fsp3) is 0.0476. The van der Waals surface area contributed by atoms with Crippen molar-refractivity contribution < 1.29 is 21.8 Å². The van der Waals surface area contributed by atoms with E-state index in [0.717, 1.165) is 23.1 Å². The Labute approximate surface area is 174 Å². The third-order valence-electron chi connectivity index (χ3n) is 4.19. The highest BCUT2D eigenvalue weighted by molar-refractivity contribution is 7.98. The highest BCUT2D eigenvalue weighted by atomic mass is 32.2. The second kappa shape index (κ2) is 8.21. The van der Waals surface area contributed by atoms with Crippen molar-refractivity contribution in [1.29, 1.82) is 0 Å². The molecule has 7 nitrogen and oxygen atoms in total. The number of hydrogen-bond acceptors (Lipinski definition) is 6. The summed E-state index contributed by atoms with van der Waals surface area (Å²) in [4.78, 5) is 9.78. The Hall–Kier alpha value is -3.30. The molecule has 3 aromatic rings. The molecule has 3 rings (SSSR count). The summed E-state index contributed by atoms with van der Waals surface area (Å²) in [5.74, 6) is 0. The summed E-state index contributed by atoms with van der Waals surface area (Å²) in [5.41, 5.74) is -0.470. The maximum Gasteiger partial charge on any atom is 0.289 e. The molecule has 0 aliphatic carbocycles. The number of rotatable bonds is 6. The fourth-order valence-electron chi connectivity index (χ4n) is 2.85. The van der Waals surface area contributed by atoms with Crippen LogP contribution in [0.2, 0.25) is 0 Å². The number of nitro groups is 1. The van der Waals surface area contributed by atoms with Gasteiger partial charge in [0.1, 0.15) is 0 Å². The molecule has 0 N–H and O–H groups in total. The minimum atomic E-state index is -4.47. The third-order valence-corrected chi connectivity index (χ3v) is 6.80. The average Bonchev–Trinajstić information content (AvgIpc) is 2.70. The molecule has 9 heteroatoms. The maximum atomic E-state index is 13.1. The van der Waals surface area contributed by atoms with Gasteiger partial charge in [-0.3, -0.25) is 10.1 Å². The van der Waals surface area contributed by atoms with E-state index in [2.05, 4.69) is 0 Å². The van der Waals surface area contributed by atoms with Gasteiger partial charge in [0.2, 0.25) is 9.84 Å². The van der Waals surface area contributed by atoms with Gasteiger partial charge in [0.15, 0.2) is 14.7 Å². The number of benzene rings is 3. The number of hydrogen-bond donors (Lipinski definition) is 0. The highest BCUT2D eigenvalue weighted by Gasteiger charge is 2.33. The second-order valence-electron chi connectivity index (χ2n) is 6.52. The van der Waals surface area contributed by atoms with E-state index in [1.54, 1.807) is 30.3 Å². The molecule has 0 atom stereocenters. The Bertz CT molecular complexity index is 1390. The van der Waals surface area contributed by atoms with E-state index < -0.39 is 35.2 Å². The van der Waals surface area contributed by atoms with E-state index in [-0.39, 0.29) is 4.90 Å². The van der Waals surface area contributed by atoms with Crippen molar-refractivity contribution in [2.45, 2.75) is 4.90 Å². The summed E-state index contributed by atoms with van der Waals surface area (Å²) in [5, 5.41) is 13.9. The van der Waals surface area contributed by atoms with Crippen molar-refractivity contribution in [3.63, 3.8) is 0 Å². The highest BCUT2D eigenvalue weighted by Crippen LogP contribution is 2.28. The first kappa shape index (κ1) is 21.4. The predicted molar refractivity (Wildman–Crippen MR) is 115 cm³/mol. The summed E-state index contributed by atoms with van der Waals surface area (Å²) in [6, 6.07) is 19.3. The monoisotopic (exact) mass is 443 g/mol. The molecule has 0 spiro atoms. The van der Waals surface area contributed by atoms with Crippen LogP contribution in [0.1, 0.15) is 5.56 Å². The van der Waals surface area contributed by atoms with Crippen molar-refractivity contribution >= 4 is 36.5 Å². The van der Waals surface area contributed by atoms with Crippen molar-refractivity contribution in [3.05, 3.63) is 104 Å². The Morgan fingerprint density at radius 2 is 1.47 bits per heavy atom. The second-order valence-corrected chi connectivity index (χ2v) is 10.3. The first-order valence-corrected chi connectivity index (χ1v) is 12.1. The molecule has 154 valence electrons. The normalized spacial score (nSPS) is 13.4. The van der Waals surface area contributed by atoms with Crippen LogP contribution in [0.25, 0.3) is 16.8 Å². The van der Waals surface area contributed by atoms with Crippen LogP contribution in [-0.2, 0) is 19.7 Å². The van der Waals surface area contributed by atoms with Crippen LogP contribution in [0.4, 0.5) is 0 Å². The van der Waals surface area contributed by atoms with E-state index in [1.165, 1.54) is 24.3 Å². The molecule has 0 aromatic heterocycles. The number of fused-ring (bicyclic) bond motifs is 1. The Kier molecular flexibility index (Phi) is 5.86. The van der Waals surface area contributed by atoms with Crippen LogP contribution >= 0.6 is 0 Å². The molecule has 0 aliphatic heterocycles. The van der Waals surface area contributed by atoms with Gasteiger partial charge in [-0.2, -0.15) is 0 Å². The molecule has 0 saturated carbocycles. The molecule has 3 aromatic carbocycles. The molecule has 0 fully saturated rings. The lowest BCUT2D eigenvalue weighted by molar-refractivity contribution is -0.418. The van der Waals surface area contributed by atoms with Crippen molar-refractivity contribution in [1.82, 2.24) is 0 Å². The quantitative estimate of drug-likeness (QED) is 0.325. The van der Waals surface area contributed by atoms with E-state index >= 15 is 0 Å². The third kappa shape index (κ3) is 4.81. The van der Waals surface area contributed by atoms with Crippen LogP contribution in [-0.4, -0.2) is 28.0 Å². The Morgan fingerprint density at radius 1 is 0.867 bits per heavy atom. The maximum absolute atomic E-state index is 13.1. The van der Waals surface area contributed by atoms with Crippen LogP contribution < -0.4 is 0 Å². The van der Waals surface area contributed by atoms with Crippen LogP contribution in [0.15, 0.2) is 93.7 Å². The summed E-state index contributed by atoms with van der Waals surface area (Å²) >= 11 is 0. The van der Waals surface area contributed by atoms with Crippen molar-refractivity contribution in [2.75, 3.05) is 6.26 Å². The zero-order valence-corrected chi connectivity index (χ0v) is 17.4. The molecule has 30 heavy (non-hydrogen) atoms. The van der Waals surface area contributed by atoms with E-state index in [1.807, 2.05) is 18.2 Å². The minimum absolute atomic E-state index is 0.244. The minimum Gasteiger partial charge on any atom is -0.258 e.